The third-order valence-corrected chi connectivity index (χ3v) is 4.01. The molecule has 0 aromatic carbocycles. The highest BCUT2D eigenvalue weighted by atomic mass is 32.1. The molecule has 0 spiro atoms. The number of thiazole rings is 1. The summed E-state index contributed by atoms with van der Waals surface area (Å²) in [6.45, 7) is 3.42. The summed E-state index contributed by atoms with van der Waals surface area (Å²) in [6.07, 6.45) is 0.0377. The molecule has 1 aliphatic heterocycles. The van der Waals surface area contributed by atoms with E-state index in [0.717, 1.165) is 43.4 Å². The zero-order valence-corrected chi connectivity index (χ0v) is 12.3. The van der Waals surface area contributed by atoms with Crippen LogP contribution in [0.25, 0.3) is 0 Å². The lowest BCUT2D eigenvalue weighted by Crippen LogP contribution is -2.38. The van der Waals surface area contributed by atoms with Gasteiger partial charge in [-0.25, -0.2) is 9.97 Å². The normalized spacial score (nSPS) is 19.9. The number of ether oxygens (including phenoxy) is 1. The summed E-state index contributed by atoms with van der Waals surface area (Å²) in [5, 5.41) is 5.17. The lowest BCUT2D eigenvalue weighted by Gasteiger charge is -2.32. The SMILES string of the molecule is CNc1cccc(C2CN(Cc3cscn3)CCO2)n1. The molecule has 1 atom stereocenters. The van der Waals surface area contributed by atoms with Crippen molar-refractivity contribution in [2.75, 3.05) is 32.1 Å². The predicted molar refractivity (Wildman–Crippen MR) is 79.9 cm³/mol. The first-order valence-corrected chi connectivity index (χ1v) is 7.65. The molecule has 1 aliphatic rings. The molecule has 3 rings (SSSR count). The maximum atomic E-state index is 5.86. The molecule has 1 N–H and O–H groups in total. The number of morpholine rings is 1. The Bertz CT molecular complexity index is 546. The van der Waals surface area contributed by atoms with E-state index in [4.69, 9.17) is 4.74 Å². The maximum Gasteiger partial charge on any atom is 0.126 e. The molecule has 0 amide bonds. The van der Waals surface area contributed by atoms with Gasteiger partial charge in [-0.2, -0.15) is 0 Å². The number of rotatable bonds is 4. The monoisotopic (exact) mass is 290 g/mol. The number of hydrogen-bond acceptors (Lipinski definition) is 6. The van der Waals surface area contributed by atoms with E-state index in [2.05, 4.69) is 25.6 Å². The Labute approximate surface area is 122 Å². The average Bonchev–Trinajstić information content (AvgIpc) is 3.00. The van der Waals surface area contributed by atoms with Crippen molar-refractivity contribution in [1.29, 1.82) is 0 Å². The summed E-state index contributed by atoms with van der Waals surface area (Å²) in [5.41, 5.74) is 4.00. The Morgan fingerprint density at radius 1 is 1.50 bits per heavy atom. The molecule has 1 unspecified atom stereocenters. The molecule has 3 heterocycles. The Morgan fingerprint density at radius 3 is 3.25 bits per heavy atom. The van der Waals surface area contributed by atoms with Gasteiger partial charge in [0, 0.05) is 32.1 Å². The van der Waals surface area contributed by atoms with Crippen molar-refractivity contribution in [3.05, 3.63) is 40.5 Å². The number of anilines is 1. The van der Waals surface area contributed by atoms with Crippen LogP contribution in [0.1, 0.15) is 17.5 Å². The summed E-state index contributed by atoms with van der Waals surface area (Å²) in [6, 6.07) is 5.99. The molecular weight excluding hydrogens is 272 g/mol. The first-order chi connectivity index (χ1) is 9.85. The molecule has 20 heavy (non-hydrogen) atoms. The molecule has 0 bridgehead atoms. The number of hydrogen-bond donors (Lipinski definition) is 1. The second-order valence-corrected chi connectivity index (χ2v) is 5.49. The molecular formula is C14H18N4OS. The lowest BCUT2D eigenvalue weighted by molar-refractivity contribution is -0.0352. The fraction of sp³-hybridized carbons (Fsp3) is 0.429. The fourth-order valence-electron chi connectivity index (χ4n) is 2.34. The number of aromatic nitrogens is 2. The molecule has 0 aliphatic carbocycles. The minimum atomic E-state index is 0.0377. The van der Waals surface area contributed by atoms with Gasteiger partial charge in [-0.05, 0) is 12.1 Å². The average molecular weight is 290 g/mol. The van der Waals surface area contributed by atoms with Crippen LogP contribution in [0.15, 0.2) is 29.1 Å². The Balaban J connectivity index is 1.68. The predicted octanol–water partition coefficient (Wildman–Crippen LogP) is 2.15. The van der Waals surface area contributed by atoms with Crippen LogP contribution < -0.4 is 5.32 Å². The van der Waals surface area contributed by atoms with Gasteiger partial charge in [0.1, 0.15) is 11.9 Å². The topological polar surface area (TPSA) is 50.3 Å². The van der Waals surface area contributed by atoms with Crippen molar-refractivity contribution in [2.24, 2.45) is 0 Å². The third-order valence-electron chi connectivity index (χ3n) is 3.38. The molecule has 5 nitrogen and oxygen atoms in total. The van der Waals surface area contributed by atoms with Crippen LogP contribution in [-0.4, -0.2) is 41.6 Å². The smallest absolute Gasteiger partial charge is 0.126 e. The summed E-state index contributed by atoms with van der Waals surface area (Å²) in [5.74, 6) is 0.878. The standard InChI is InChI=1S/C14H18N4OS/c1-15-14-4-2-3-12(17-14)13-8-18(5-6-19-13)7-11-9-20-10-16-11/h2-4,9-10,13H,5-8H2,1H3,(H,15,17). The van der Waals surface area contributed by atoms with Crippen molar-refractivity contribution in [1.82, 2.24) is 14.9 Å². The van der Waals surface area contributed by atoms with E-state index in [-0.39, 0.29) is 6.10 Å². The molecule has 2 aromatic heterocycles. The molecule has 0 radical (unpaired) electrons. The number of nitrogens with zero attached hydrogens (tertiary/aromatic N) is 3. The third kappa shape index (κ3) is 3.15. The van der Waals surface area contributed by atoms with Gasteiger partial charge < -0.3 is 10.1 Å². The fourth-order valence-corrected chi connectivity index (χ4v) is 2.89. The van der Waals surface area contributed by atoms with Gasteiger partial charge in [0.05, 0.1) is 23.5 Å². The van der Waals surface area contributed by atoms with Crippen LogP contribution in [0.3, 0.4) is 0 Å². The highest BCUT2D eigenvalue weighted by molar-refractivity contribution is 7.07. The zero-order valence-electron chi connectivity index (χ0n) is 11.5. The van der Waals surface area contributed by atoms with E-state index >= 15 is 0 Å². The van der Waals surface area contributed by atoms with Crippen LogP contribution in [0.4, 0.5) is 5.82 Å². The Morgan fingerprint density at radius 2 is 2.45 bits per heavy atom. The second kappa shape index (κ2) is 6.30. The van der Waals surface area contributed by atoms with Crippen molar-refractivity contribution < 1.29 is 4.74 Å². The van der Waals surface area contributed by atoms with E-state index in [1.54, 1.807) is 11.3 Å². The van der Waals surface area contributed by atoms with Crippen LogP contribution in [0.5, 0.6) is 0 Å². The van der Waals surface area contributed by atoms with Crippen LogP contribution >= 0.6 is 11.3 Å². The van der Waals surface area contributed by atoms with Gasteiger partial charge in [0.25, 0.3) is 0 Å². The Kier molecular flexibility index (Phi) is 4.25. The van der Waals surface area contributed by atoms with Crippen molar-refractivity contribution in [2.45, 2.75) is 12.6 Å². The van der Waals surface area contributed by atoms with Gasteiger partial charge in [0.15, 0.2) is 0 Å². The minimum Gasteiger partial charge on any atom is -0.373 e. The minimum absolute atomic E-state index is 0.0377. The van der Waals surface area contributed by atoms with E-state index in [9.17, 15) is 0 Å². The molecule has 2 aromatic rings. The first kappa shape index (κ1) is 13.5. The van der Waals surface area contributed by atoms with Crippen LogP contribution in [0.2, 0.25) is 0 Å². The van der Waals surface area contributed by atoms with Gasteiger partial charge in [-0.1, -0.05) is 6.07 Å². The summed E-state index contributed by atoms with van der Waals surface area (Å²) < 4.78 is 5.86. The summed E-state index contributed by atoms with van der Waals surface area (Å²) in [4.78, 5) is 11.3. The number of pyridine rings is 1. The molecule has 1 fully saturated rings. The Hall–Kier alpha value is -1.50. The van der Waals surface area contributed by atoms with Gasteiger partial charge in [-0.15, -0.1) is 11.3 Å². The highest BCUT2D eigenvalue weighted by Crippen LogP contribution is 2.22. The molecule has 6 heteroatoms. The summed E-state index contributed by atoms with van der Waals surface area (Å²) in [7, 11) is 1.88. The van der Waals surface area contributed by atoms with E-state index in [1.807, 2.05) is 30.8 Å². The lowest BCUT2D eigenvalue weighted by atomic mass is 10.2. The number of nitrogens with one attached hydrogen (secondary N) is 1. The maximum absolute atomic E-state index is 5.86. The van der Waals surface area contributed by atoms with Crippen LogP contribution in [0, 0.1) is 0 Å². The second-order valence-electron chi connectivity index (χ2n) is 4.77. The summed E-state index contributed by atoms with van der Waals surface area (Å²) >= 11 is 1.64. The highest BCUT2D eigenvalue weighted by Gasteiger charge is 2.23. The van der Waals surface area contributed by atoms with Gasteiger partial charge >= 0.3 is 0 Å². The van der Waals surface area contributed by atoms with E-state index < -0.39 is 0 Å². The molecule has 0 saturated carbocycles. The largest absolute Gasteiger partial charge is 0.373 e. The van der Waals surface area contributed by atoms with Crippen LogP contribution in [-0.2, 0) is 11.3 Å². The van der Waals surface area contributed by atoms with Gasteiger partial charge in [-0.3, -0.25) is 4.90 Å². The zero-order chi connectivity index (χ0) is 13.8. The van der Waals surface area contributed by atoms with Crippen molar-refractivity contribution >= 4 is 17.2 Å². The van der Waals surface area contributed by atoms with E-state index in [1.165, 1.54) is 0 Å². The van der Waals surface area contributed by atoms with E-state index in [0.29, 0.717) is 0 Å². The van der Waals surface area contributed by atoms with Crippen molar-refractivity contribution in [3.63, 3.8) is 0 Å². The molecule has 106 valence electrons. The molecule has 1 saturated heterocycles. The first-order valence-electron chi connectivity index (χ1n) is 6.71. The van der Waals surface area contributed by atoms with Crippen molar-refractivity contribution in [3.8, 4) is 0 Å². The quantitative estimate of drug-likeness (QED) is 0.935. The van der Waals surface area contributed by atoms with Gasteiger partial charge in [0.2, 0.25) is 0 Å².